The highest BCUT2D eigenvalue weighted by Gasteiger charge is 2.29. The van der Waals surface area contributed by atoms with E-state index in [1.165, 1.54) is 6.07 Å². The van der Waals surface area contributed by atoms with Crippen LogP contribution in [0.25, 0.3) is 0 Å². The predicted molar refractivity (Wildman–Crippen MR) is 112 cm³/mol. The summed E-state index contributed by atoms with van der Waals surface area (Å²) in [5.41, 5.74) is 1.72. The maximum absolute atomic E-state index is 13.6. The molecule has 0 spiro atoms. The Morgan fingerprint density at radius 3 is 2.52 bits per heavy atom. The van der Waals surface area contributed by atoms with E-state index < -0.39 is 11.6 Å². The molecule has 2 aromatic rings. The second-order valence-electron chi connectivity index (χ2n) is 8.05. The van der Waals surface area contributed by atoms with Gasteiger partial charge in [-0.1, -0.05) is 30.4 Å². The van der Waals surface area contributed by atoms with Crippen LogP contribution >= 0.6 is 12.2 Å². The molecule has 6 heteroatoms. The number of hydrogen-bond donors (Lipinski definition) is 2. The third kappa shape index (κ3) is 4.47. The first-order chi connectivity index (χ1) is 14.0. The summed E-state index contributed by atoms with van der Waals surface area (Å²) in [6, 6.07) is 3.77. The van der Waals surface area contributed by atoms with Gasteiger partial charge in [0.25, 0.3) is 5.56 Å². The van der Waals surface area contributed by atoms with Gasteiger partial charge >= 0.3 is 0 Å². The number of benzene rings is 1. The van der Waals surface area contributed by atoms with Crippen molar-refractivity contribution in [2.75, 3.05) is 0 Å². The van der Waals surface area contributed by atoms with E-state index in [2.05, 4.69) is 34.3 Å². The second kappa shape index (κ2) is 8.57. The van der Waals surface area contributed by atoms with E-state index >= 15 is 0 Å². The molecule has 2 aliphatic rings. The van der Waals surface area contributed by atoms with Crippen LogP contribution < -0.4 is 5.56 Å². The second-order valence-corrected chi connectivity index (χ2v) is 8.46. The van der Waals surface area contributed by atoms with E-state index in [1.54, 1.807) is 0 Å². The standard InChI is InChI=1S/C23H24F2N2OS/c24-19-11-6-14(13-20(19)25)12-18-21(26-23(29)27-22(18)28)17-9-7-16(8-10-17)15-4-2-1-3-5-15/h1-4,6,11,13,15-17H,5,7-10,12H2,(H2,26,27,28,29). The number of aromatic amines is 2. The number of hydrogen-bond acceptors (Lipinski definition) is 2. The Morgan fingerprint density at radius 2 is 1.83 bits per heavy atom. The van der Waals surface area contributed by atoms with E-state index in [1.807, 2.05) is 0 Å². The fraction of sp³-hybridized carbons (Fsp3) is 0.391. The van der Waals surface area contributed by atoms with Crippen molar-refractivity contribution in [2.45, 2.75) is 44.4 Å². The monoisotopic (exact) mass is 414 g/mol. The Bertz CT molecular complexity index is 1060. The summed E-state index contributed by atoms with van der Waals surface area (Å²) in [5, 5.41) is 0. The molecule has 1 saturated carbocycles. The first-order valence-electron chi connectivity index (χ1n) is 10.1. The van der Waals surface area contributed by atoms with Crippen LogP contribution in [0.4, 0.5) is 8.78 Å². The van der Waals surface area contributed by atoms with Gasteiger partial charge in [-0.15, -0.1) is 0 Å². The van der Waals surface area contributed by atoms with Crippen LogP contribution in [0.2, 0.25) is 0 Å². The molecule has 0 aliphatic heterocycles. The van der Waals surface area contributed by atoms with Gasteiger partial charge in [0, 0.05) is 17.7 Å². The fourth-order valence-electron chi connectivity index (χ4n) is 4.69. The Morgan fingerprint density at radius 1 is 1.03 bits per heavy atom. The van der Waals surface area contributed by atoms with E-state index in [0.717, 1.165) is 49.9 Å². The van der Waals surface area contributed by atoms with Crippen LogP contribution in [0.3, 0.4) is 0 Å². The van der Waals surface area contributed by atoms with Gasteiger partial charge in [-0.05, 0) is 79.8 Å². The zero-order chi connectivity index (χ0) is 20.4. The van der Waals surface area contributed by atoms with Gasteiger partial charge in [0.05, 0.1) is 0 Å². The van der Waals surface area contributed by atoms with Crippen LogP contribution in [0.15, 0.2) is 47.3 Å². The number of rotatable bonds is 4. The lowest BCUT2D eigenvalue weighted by Crippen LogP contribution is -2.25. The van der Waals surface area contributed by atoms with Crippen molar-refractivity contribution in [2.24, 2.45) is 11.8 Å². The molecule has 1 atom stereocenters. The average Bonchev–Trinajstić information content (AvgIpc) is 2.73. The van der Waals surface area contributed by atoms with Gasteiger partial charge in [-0.2, -0.15) is 0 Å². The minimum absolute atomic E-state index is 0.221. The molecule has 2 N–H and O–H groups in total. The summed E-state index contributed by atoms with van der Waals surface area (Å²) >= 11 is 5.21. The van der Waals surface area contributed by atoms with Crippen molar-refractivity contribution in [1.82, 2.24) is 9.97 Å². The Hall–Kier alpha value is -2.34. The largest absolute Gasteiger partial charge is 0.335 e. The van der Waals surface area contributed by atoms with Crippen molar-refractivity contribution in [3.8, 4) is 0 Å². The summed E-state index contributed by atoms with van der Waals surface area (Å²) in [6.07, 6.45) is 14.3. The smallest absolute Gasteiger partial charge is 0.255 e. The molecule has 0 saturated heterocycles. The van der Waals surface area contributed by atoms with Crippen molar-refractivity contribution >= 4 is 12.2 Å². The lowest BCUT2D eigenvalue weighted by molar-refractivity contribution is 0.262. The van der Waals surface area contributed by atoms with Gasteiger partial charge in [-0.25, -0.2) is 8.78 Å². The summed E-state index contributed by atoms with van der Waals surface area (Å²) in [7, 11) is 0. The van der Waals surface area contributed by atoms with Crippen LogP contribution in [0.5, 0.6) is 0 Å². The minimum atomic E-state index is -0.903. The van der Waals surface area contributed by atoms with Crippen molar-refractivity contribution in [1.29, 1.82) is 0 Å². The molecular formula is C23H24F2N2OS. The van der Waals surface area contributed by atoms with Crippen molar-refractivity contribution in [3.05, 3.63) is 86.1 Å². The molecule has 152 valence electrons. The number of aromatic nitrogens is 2. The number of halogens is 2. The molecular weight excluding hydrogens is 390 g/mol. The predicted octanol–water partition coefficient (Wildman–Crippen LogP) is 5.71. The number of nitrogens with one attached hydrogen (secondary N) is 2. The first kappa shape index (κ1) is 20.0. The molecule has 1 fully saturated rings. The normalized spacial score (nSPS) is 24.0. The molecule has 0 amide bonds. The van der Waals surface area contributed by atoms with E-state index in [0.29, 0.717) is 27.7 Å². The molecule has 1 unspecified atom stereocenters. The topological polar surface area (TPSA) is 48.6 Å². The molecule has 29 heavy (non-hydrogen) atoms. The zero-order valence-corrected chi connectivity index (χ0v) is 16.9. The summed E-state index contributed by atoms with van der Waals surface area (Å²) in [4.78, 5) is 18.5. The summed E-state index contributed by atoms with van der Waals surface area (Å²) < 4.78 is 27.2. The van der Waals surface area contributed by atoms with Gasteiger partial charge in [0.1, 0.15) is 0 Å². The van der Waals surface area contributed by atoms with Gasteiger partial charge < -0.3 is 4.98 Å². The lowest BCUT2D eigenvalue weighted by Gasteiger charge is -2.33. The fourth-order valence-corrected chi connectivity index (χ4v) is 4.90. The highest BCUT2D eigenvalue weighted by atomic mass is 32.1. The Labute approximate surface area is 173 Å². The maximum Gasteiger partial charge on any atom is 0.255 e. The quantitative estimate of drug-likeness (QED) is 0.630. The SMILES string of the molecule is O=c1[nH]c(=S)[nH]c(C2CCC(C3C=CC=CC3)CC2)c1Cc1ccc(F)c(F)c1. The molecule has 4 rings (SSSR count). The third-order valence-electron chi connectivity index (χ3n) is 6.24. The van der Waals surface area contributed by atoms with Gasteiger partial charge in [0.2, 0.25) is 0 Å². The van der Waals surface area contributed by atoms with E-state index in [4.69, 9.17) is 12.2 Å². The molecule has 1 aromatic heterocycles. The van der Waals surface area contributed by atoms with Crippen LogP contribution in [0, 0.1) is 28.2 Å². The van der Waals surface area contributed by atoms with Crippen LogP contribution in [-0.2, 0) is 6.42 Å². The van der Waals surface area contributed by atoms with Gasteiger partial charge in [-0.3, -0.25) is 9.78 Å². The van der Waals surface area contributed by atoms with Crippen molar-refractivity contribution < 1.29 is 8.78 Å². The minimum Gasteiger partial charge on any atom is -0.335 e. The Balaban J connectivity index is 1.56. The Kier molecular flexibility index (Phi) is 5.90. The van der Waals surface area contributed by atoms with Crippen LogP contribution in [-0.4, -0.2) is 9.97 Å². The van der Waals surface area contributed by atoms with Crippen molar-refractivity contribution in [3.63, 3.8) is 0 Å². The molecule has 3 nitrogen and oxygen atoms in total. The third-order valence-corrected chi connectivity index (χ3v) is 6.44. The van der Waals surface area contributed by atoms with Crippen LogP contribution in [0.1, 0.15) is 54.8 Å². The maximum atomic E-state index is 13.6. The number of H-pyrrole nitrogens is 2. The summed E-state index contributed by atoms with van der Waals surface area (Å²) in [5.74, 6) is -0.314. The molecule has 0 radical (unpaired) electrons. The lowest BCUT2D eigenvalue weighted by atomic mass is 9.72. The highest BCUT2D eigenvalue weighted by molar-refractivity contribution is 7.71. The molecule has 2 aliphatic carbocycles. The molecule has 1 heterocycles. The molecule has 0 bridgehead atoms. The number of allylic oxidation sites excluding steroid dienone is 4. The highest BCUT2D eigenvalue weighted by Crippen LogP contribution is 2.40. The molecule has 1 aromatic carbocycles. The van der Waals surface area contributed by atoms with E-state index in [9.17, 15) is 13.6 Å². The first-order valence-corrected chi connectivity index (χ1v) is 10.5. The average molecular weight is 415 g/mol. The van der Waals surface area contributed by atoms with Gasteiger partial charge in [0.15, 0.2) is 16.4 Å². The zero-order valence-electron chi connectivity index (χ0n) is 16.1. The van der Waals surface area contributed by atoms with E-state index in [-0.39, 0.29) is 17.9 Å². The summed E-state index contributed by atoms with van der Waals surface area (Å²) in [6.45, 7) is 0.